The maximum absolute atomic E-state index is 13.8. The SMILES string of the molecule is O=C(c1nc2c(C(F)(F)F)cc(-c3ccoc3)cn2c1Cl)N1CC=C(OS(=O)(=O)C(F)(F)F)CC1.O=C1CCC=C1B(O)O.O=C1CCC=C1C1=CCN(C(=O)c2nc3c(C(F)(F)F)cc(-c4ccoc4)cn3c2Cl)CC1. The van der Waals surface area contributed by atoms with Crippen molar-refractivity contribution < 1.29 is 90.2 Å². The number of amides is 2. The molecular formula is C47H36BCl2F9N6O11S. The van der Waals surface area contributed by atoms with Gasteiger partial charge in [0.05, 0.1) is 36.2 Å². The van der Waals surface area contributed by atoms with Gasteiger partial charge in [-0.3, -0.25) is 28.0 Å². The molecular weight excluding hydrogens is 1110 g/mol. The third-order valence-electron chi connectivity index (χ3n) is 12.2. The van der Waals surface area contributed by atoms with E-state index in [2.05, 4.69) is 14.2 Å². The van der Waals surface area contributed by atoms with Crippen LogP contribution in [0, 0.1) is 0 Å². The number of Topliss-reactive ketones (excluding diaryl/α,β-unsaturated/α-hetero) is 2. The van der Waals surface area contributed by atoms with Crippen LogP contribution in [0.25, 0.3) is 33.5 Å². The number of fused-ring (bicyclic) bond motifs is 2. The van der Waals surface area contributed by atoms with E-state index >= 15 is 0 Å². The molecule has 0 radical (unpaired) electrons. The van der Waals surface area contributed by atoms with E-state index in [1.807, 2.05) is 6.08 Å². The van der Waals surface area contributed by atoms with Gasteiger partial charge in [-0.1, -0.05) is 41.4 Å². The van der Waals surface area contributed by atoms with Gasteiger partial charge in [0.15, 0.2) is 34.2 Å². The molecule has 10 rings (SSSR count). The lowest BCUT2D eigenvalue weighted by Gasteiger charge is -2.26. The number of ketones is 2. The Balaban J connectivity index is 0.000000175. The molecule has 0 saturated carbocycles. The number of hydrogen-bond donors (Lipinski definition) is 2. The van der Waals surface area contributed by atoms with E-state index in [0.29, 0.717) is 55.3 Å². The highest BCUT2D eigenvalue weighted by atomic mass is 35.5. The summed E-state index contributed by atoms with van der Waals surface area (Å²) in [6.07, 6.45) is 6.80. The molecule has 2 N–H and O–H groups in total. The van der Waals surface area contributed by atoms with Crippen molar-refractivity contribution in [3.05, 3.63) is 141 Å². The second-order valence-corrected chi connectivity index (χ2v) is 19.4. The topological polar surface area (TPSA) is 219 Å². The molecule has 6 aromatic rings. The van der Waals surface area contributed by atoms with Crippen LogP contribution in [-0.4, -0.2) is 109 Å². The number of aromatic nitrogens is 4. The molecule has 0 bridgehead atoms. The first-order valence-electron chi connectivity index (χ1n) is 22.6. The van der Waals surface area contributed by atoms with E-state index in [1.165, 1.54) is 54.5 Å². The van der Waals surface area contributed by atoms with Crippen LogP contribution in [-0.2, 0) is 36.2 Å². The van der Waals surface area contributed by atoms with Crippen molar-refractivity contribution in [3.8, 4) is 22.3 Å². The molecule has 17 nitrogen and oxygen atoms in total. The summed E-state index contributed by atoms with van der Waals surface area (Å²) in [6, 6.07) is 4.74. The van der Waals surface area contributed by atoms with Crippen LogP contribution in [0.15, 0.2) is 117 Å². The van der Waals surface area contributed by atoms with Gasteiger partial charge in [-0.15, -0.1) is 0 Å². The van der Waals surface area contributed by atoms with Gasteiger partial charge in [0.25, 0.3) is 11.8 Å². The molecule has 6 aromatic heterocycles. The number of carbonyl (C=O) groups excluding carboxylic acids is 4. The van der Waals surface area contributed by atoms with Crippen LogP contribution in [0.5, 0.6) is 0 Å². The van der Waals surface area contributed by atoms with Gasteiger partial charge in [0.1, 0.15) is 16.1 Å². The number of imidazole rings is 2. The lowest BCUT2D eigenvalue weighted by atomic mass is 9.78. The van der Waals surface area contributed by atoms with Crippen molar-refractivity contribution in [3.63, 3.8) is 0 Å². The minimum absolute atomic E-state index is 0.0884. The Morgan fingerprint density at radius 2 is 1.14 bits per heavy atom. The Labute approximate surface area is 438 Å². The summed E-state index contributed by atoms with van der Waals surface area (Å²) in [4.78, 5) is 58.9. The van der Waals surface area contributed by atoms with Gasteiger partial charge < -0.3 is 32.9 Å². The van der Waals surface area contributed by atoms with Crippen LogP contribution >= 0.6 is 23.2 Å². The molecule has 406 valence electrons. The summed E-state index contributed by atoms with van der Waals surface area (Å²) in [6.45, 7) is -0.159. The minimum atomic E-state index is -5.87. The fourth-order valence-corrected chi connectivity index (χ4v) is 9.40. The third-order valence-corrected chi connectivity index (χ3v) is 13.9. The Morgan fingerprint density at radius 3 is 1.49 bits per heavy atom. The maximum Gasteiger partial charge on any atom is 0.534 e. The van der Waals surface area contributed by atoms with Crippen LogP contribution in [0.2, 0.25) is 10.3 Å². The Kier molecular flexibility index (Phi) is 15.8. The first-order chi connectivity index (χ1) is 36.1. The molecule has 0 unspecified atom stereocenters. The normalized spacial score (nSPS) is 16.4. The molecule has 0 fully saturated rings. The molecule has 0 saturated heterocycles. The molecule has 0 spiro atoms. The van der Waals surface area contributed by atoms with Crippen molar-refractivity contribution in [2.24, 2.45) is 0 Å². The summed E-state index contributed by atoms with van der Waals surface area (Å²) in [5, 5.41) is 16.4. The van der Waals surface area contributed by atoms with Crippen LogP contribution in [0.1, 0.15) is 70.6 Å². The number of furan rings is 2. The molecule has 8 heterocycles. The largest absolute Gasteiger partial charge is 0.534 e. The number of nitrogens with zero attached hydrogens (tertiary/aromatic N) is 6. The number of carbonyl (C=O) groups is 4. The molecule has 77 heavy (non-hydrogen) atoms. The molecule has 2 aliphatic carbocycles. The first-order valence-corrected chi connectivity index (χ1v) is 24.7. The maximum atomic E-state index is 13.8. The zero-order valence-electron chi connectivity index (χ0n) is 39.0. The minimum Gasteiger partial charge on any atom is -0.472 e. The monoisotopic (exact) mass is 1140 g/mol. The predicted molar refractivity (Wildman–Crippen MR) is 254 cm³/mol. The highest BCUT2D eigenvalue weighted by Gasteiger charge is 2.49. The quantitative estimate of drug-likeness (QED) is 0.0629. The van der Waals surface area contributed by atoms with Crippen LogP contribution < -0.4 is 0 Å². The van der Waals surface area contributed by atoms with E-state index < -0.39 is 98.9 Å². The zero-order valence-corrected chi connectivity index (χ0v) is 41.4. The molecule has 30 heteroatoms. The van der Waals surface area contributed by atoms with Gasteiger partial charge >= 0.3 is 35.1 Å². The lowest BCUT2D eigenvalue weighted by Crippen LogP contribution is -2.36. The number of rotatable bonds is 8. The van der Waals surface area contributed by atoms with E-state index in [1.54, 1.807) is 12.2 Å². The molecule has 0 aromatic carbocycles. The summed E-state index contributed by atoms with van der Waals surface area (Å²) < 4.78 is 158. The van der Waals surface area contributed by atoms with Gasteiger partial charge in [-0.25, -0.2) is 9.97 Å². The molecule has 2 amide bonds. The summed E-state index contributed by atoms with van der Waals surface area (Å²) >= 11 is 12.6. The fourth-order valence-electron chi connectivity index (χ4n) is 8.37. The predicted octanol–water partition coefficient (Wildman–Crippen LogP) is 9.48. The zero-order chi connectivity index (χ0) is 55.9. The molecule has 4 aliphatic rings. The Morgan fingerprint density at radius 1 is 0.662 bits per heavy atom. The first kappa shape index (κ1) is 56.1. The average Bonchev–Trinajstić information content (AvgIpc) is 4.25. The second kappa shape index (κ2) is 21.7. The van der Waals surface area contributed by atoms with Crippen molar-refractivity contribution in [2.75, 3.05) is 26.2 Å². The average molecular weight is 1150 g/mol. The van der Waals surface area contributed by atoms with Gasteiger partial charge in [0, 0.05) is 91.1 Å². The van der Waals surface area contributed by atoms with E-state index in [0.717, 1.165) is 37.5 Å². The van der Waals surface area contributed by atoms with Crippen molar-refractivity contribution in [1.82, 2.24) is 28.6 Å². The smallest absolute Gasteiger partial charge is 0.472 e. The number of pyridine rings is 2. The van der Waals surface area contributed by atoms with Crippen LogP contribution in [0.3, 0.4) is 0 Å². The number of allylic oxidation sites excluding steroid dienone is 4. The van der Waals surface area contributed by atoms with Crippen molar-refractivity contribution >= 4 is 75.1 Å². The third kappa shape index (κ3) is 11.9. The van der Waals surface area contributed by atoms with E-state index in [9.17, 15) is 67.1 Å². The standard InChI is InChI=1S/C23H17ClF3N3O3.C19H12ClF6N3O5S.C5H7BO3/c24-20-19(22(32)29-7-4-13(5-8-29)16-2-1-3-18(16)31)28-21-17(23(25,26)27)10-15(11-30(20)21)14-6-9-33-12-14;20-15-14(17(30)28-4-1-12(2-5-28)34-35(31,32)19(24,25)26)27-16-13(18(21,22)23)7-11(8-29(15)16)10-3-6-33-9-10;7-5-3-1-2-4(5)6(8)9/h2,4,6,9-12H,1,3,5,7-8H2;1,3,6-9H,2,4-5H2;2,8-9H,1,3H2. The van der Waals surface area contributed by atoms with Crippen LogP contribution in [0.4, 0.5) is 39.5 Å². The van der Waals surface area contributed by atoms with Crippen molar-refractivity contribution in [2.45, 2.75) is 56.4 Å². The van der Waals surface area contributed by atoms with Gasteiger partial charge in [-0.05, 0) is 55.2 Å². The lowest BCUT2D eigenvalue weighted by molar-refractivity contribution is -0.137. The highest BCUT2D eigenvalue weighted by Crippen LogP contribution is 2.40. The Bertz CT molecular complexity index is 3550. The summed E-state index contributed by atoms with van der Waals surface area (Å²) in [5.74, 6) is -2.06. The Hall–Kier alpha value is -7.14. The second-order valence-electron chi connectivity index (χ2n) is 17.2. The molecule has 0 atom stereocenters. The number of halogens is 11. The molecule has 2 aliphatic heterocycles. The summed E-state index contributed by atoms with van der Waals surface area (Å²) in [5.41, 5.74) is -6.84. The highest BCUT2D eigenvalue weighted by molar-refractivity contribution is 7.87. The van der Waals surface area contributed by atoms with Gasteiger partial charge in [0.2, 0.25) is 0 Å². The number of hydrogen-bond acceptors (Lipinski definition) is 13. The summed E-state index contributed by atoms with van der Waals surface area (Å²) in [7, 11) is -7.44. The number of alkyl halides is 9. The van der Waals surface area contributed by atoms with E-state index in [4.69, 9.17) is 42.1 Å². The van der Waals surface area contributed by atoms with E-state index in [-0.39, 0.29) is 52.1 Å². The van der Waals surface area contributed by atoms with Crippen molar-refractivity contribution in [1.29, 1.82) is 0 Å². The fraction of sp³-hybridized carbons (Fsp3) is 0.277. The van der Waals surface area contributed by atoms with Gasteiger partial charge in [-0.2, -0.15) is 47.9 Å².